The Balaban J connectivity index is 1.85. The predicted molar refractivity (Wildman–Crippen MR) is 73.5 cm³/mol. The van der Waals surface area contributed by atoms with Gasteiger partial charge in [0.15, 0.2) is 0 Å². The Bertz CT molecular complexity index is 417. The molecule has 2 unspecified atom stereocenters. The first kappa shape index (κ1) is 13.1. The average molecular weight is 246 g/mol. The Hall–Kier alpha value is -1.35. The zero-order chi connectivity index (χ0) is 13.0. The molecule has 1 aliphatic rings. The van der Waals surface area contributed by atoms with Crippen molar-refractivity contribution in [1.29, 1.82) is 0 Å². The SMILES string of the molecule is Cc1cccc(CC(=O)NC2CNCC(C)C2)c1. The van der Waals surface area contributed by atoms with Crippen LogP contribution < -0.4 is 10.6 Å². The Morgan fingerprint density at radius 1 is 1.44 bits per heavy atom. The molecule has 2 N–H and O–H groups in total. The topological polar surface area (TPSA) is 41.1 Å². The molecule has 0 radical (unpaired) electrons. The molecule has 98 valence electrons. The highest BCUT2D eigenvalue weighted by Gasteiger charge is 2.19. The molecule has 0 aliphatic carbocycles. The largest absolute Gasteiger partial charge is 0.352 e. The zero-order valence-electron chi connectivity index (χ0n) is 11.2. The summed E-state index contributed by atoms with van der Waals surface area (Å²) in [7, 11) is 0. The molecular weight excluding hydrogens is 224 g/mol. The van der Waals surface area contributed by atoms with Crippen LogP contribution in [0.5, 0.6) is 0 Å². The molecule has 3 heteroatoms. The molecule has 1 aliphatic heterocycles. The van der Waals surface area contributed by atoms with E-state index in [4.69, 9.17) is 0 Å². The summed E-state index contributed by atoms with van der Waals surface area (Å²) < 4.78 is 0. The molecule has 0 bridgehead atoms. The summed E-state index contributed by atoms with van der Waals surface area (Å²) in [4.78, 5) is 12.0. The van der Waals surface area contributed by atoms with Crippen LogP contribution in [0.1, 0.15) is 24.5 Å². The van der Waals surface area contributed by atoms with Crippen molar-refractivity contribution >= 4 is 5.91 Å². The van der Waals surface area contributed by atoms with Gasteiger partial charge in [-0.05, 0) is 31.4 Å². The predicted octanol–water partition coefficient (Wildman–Crippen LogP) is 1.65. The standard InChI is InChI=1S/C15H22N2O/c1-11-4-3-5-13(6-11)8-15(18)17-14-7-12(2)9-16-10-14/h3-6,12,14,16H,7-10H2,1-2H3,(H,17,18). The lowest BCUT2D eigenvalue weighted by Crippen LogP contribution is -2.48. The molecule has 18 heavy (non-hydrogen) atoms. The Kier molecular flexibility index (Phi) is 4.37. The van der Waals surface area contributed by atoms with Gasteiger partial charge in [0.25, 0.3) is 0 Å². The molecule has 0 aromatic heterocycles. The average Bonchev–Trinajstić information content (AvgIpc) is 2.28. The molecule has 1 saturated heterocycles. The number of nitrogens with one attached hydrogen (secondary N) is 2. The lowest BCUT2D eigenvalue weighted by atomic mass is 9.97. The van der Waals surface area contributed by atoms with Gasteiger partial charge >= 0.3 is 0 Å². The number of hydrogen-bond acceptors (Lipinski definition) is 2. The summed E-state index contributed by atoms with van der Waals surface area (Å²) in [5.74, 6) is 0.768. The highest BCUT2D eigenvalue weighted by atomic mass is 16.1. The van der Waals surface area contributed by atoms with E-state index >= 15 is 0 Å². The van der Waals surface area contributed by atoms with E-state index in [-0.39, 0.29) is 11.9 Å². The molecule has 1 amide bonds. The fourth-order valence-corrected chi connectivity index (χ4v) is 2.55. The van der Waals surface area contributed by atoms with Crippen LogP contribution in [-0.2, 0) is 11.2 Å². The van der Waals surface area contributed by atoms with Crippen LogP contribution in [0.25, 0.3) is 0 Å². The lowest BCUT2D eigenvalue weighted by Gasteiger charge is -2.28. The van der Waals surface area contributed by atoms with E-state index in [1.807, 2.05) is 25.1 Å². The molecule has 2 atom stereocenters. The second-order valence-corrected chi connectivity index (χ2v) is 5.43. The third-order valence-electron chi connectivity index (χ3n) is 3.38. The number of amides is 1. The van der Waals surface area contributed by atoms with Gasteiger partial charge in [0.2, 0.25) is 5.91 Å². The summed E-state index contributed by atoms with van der Waals surface area (Å²) in [6.07, 6.45) is 1.55. The Morgan fingerprint density at radius 2 is 2.28 bits per heavy atom. The number of carbonyl (C=O) groups excluding carboxylic acids is 1. The van der Waals surface area contributed by atoms with Crippen LogP contribution in [-0.4, -0.2) is 25.0 Å². The summed E-state index contributed by atoms with van der Waals surface area (Å²) >= 11 is 0. The summed E-state index contributed by atoms with van der Waals surface area (Å²) in [6, 6.07) is 8.41. The first-order valence-electron chi connectivity index (χ1n) is 6.69. The van der Waals surface area contributed by atoms with E-state index in [1.165, 1.54) is 5.56 Å². The van der Waals surface area contributed by atoms with Crippen molar-refractivity contribution < 1.29 is 4.79 Å². The van der Waals surface area contributed by atoms with Crippen LogP contribution >= 0.6 is 0 Å². The third-order valence-corrected chi connectivity index (χ3v) is 3.38. The van der Waals surface area contributed by atoms with Gasteiger partial charge in [-0.3, -0.25) is 4.79 Å². The number of carbonyl (C=O) groups is 1. The second-order valence-electron chi connectivity index (χ2n) is 5.43. The van der Waals surface area contributed by atoms with Gasteiger partial charge < -0.3 is 10.6 Å². The zero-order valence-corrected chi connectivity index (χ0v) is 11.2. The third kappa shape index (κ3) is 3.84. The maximum atomic E-state index is 12.0. The summed E-state index contributed by atoms with van der Waals surface area (Å²) in [6.45, 7) is 6.22. The highest BCUT2D eigenvalue weighted by molar-refractivity contribution is 5.78. The molecule has 2 rings (SSSR count). The van der Waals surface area contributed by atoms with E-state index in [2.05, 4.69) is 23.6 Å². The molecule has 1 aromatic carbocycles. The van der Waals surface area contributed by atoms with Gasteiger partial charge in [0, 0.05) is 12.6 Å². The van der Waals surface area contributed by atoms with Gasteiger partial charge in [-0.15, -0.1) is 0 Å². The summed E-state index contributed by atoms with van der Waals surface area (Å²) in [5.41, 5.74) is 2.29. The molecule has 0 spiro atoms. The van der Waals surface area contributed by atoms with Gasteiger partial charge in [0.1, 0.15) is 0 Å². The van der Waals surface area contributed by atoms with Crippen LogP contribution in [0.3, 0.4) is 0 Å². The minimum Gasteiger partial charge on any atom is -0.352 e. The van der Waals surface area contributed by atoms with E-state index < -0.39 is 0 Å². The minimum atomic E-state index is 0.126. The Labute approximate surface area is 109 Å². The van der Waals surface area contributed by atoms with E-state index in [1.54, 1.807) is 0 Å². The van der Waals surface area contributed by atoms with Crippen LogP contribution in [0.15, 0.2) is 24.3 Å². The lowest BCUT2D eigenvalue weighted by molar-refractivity contribution is -0.121. The maximum absolute atomic E-state index is 12.0. The maximum Gasteiger partial charge on any atom is 0.224 e. The van der Waals surface area contributed by atoms with Crippen molar-refractivity contribution in [1.82, 2.24) is 10.6 Å². The summed E-state index contributed by atoms with van der Waals surface area (Å²) in [5, 5.41) is 6.46. The fourth-order valence-electron chi connectivity index (χ4n) is 2.55. The van der Waals surface area contributed by atoms with Crippen molar-refractivity contribution in [2.75, 3.05) is 13.1 Å². The van der Waals surface area contributed by atoms with Gasteiger partial charge in [-0.1, -0.05) is 36.8 Å². The van der Waals surface area contributed by atoms with E-state index in [0.29, 0.717) is 12.3 Å². The molecule has 1 aromatic rings. The second kappa shape index (κ2) is 6.01. The van der Waals surface area contributed by atoms with Gasteiger partial charge in [-0.2, -0.15) is 0 Å². The molecule has 1 fully saturated rings. The quantitative estimate of drug-likeness (QED) is 0.851. The number of piperidine rings is 1. The van der Waals surface area contributed by atoms with Crippen LogP contribution in [0.2, 0.25) is 0 Å². The van der Waals surface area contributed by atoms with Crippen LogP contribution in [0, 0.1) is 12.8 Å². The normalized spacial score (nSPS) is 23.7. The monoisotopic (exact) mass is 246 g/mol. The molecule has 0 saturated carbocycles. The fraction of sp³-hybridized carbons (Fsp3) is 0.533. The first-order chi connectivity index (χ1) is 8.63. The van der Waals surface area contributed by atoms with E-state index in [0.717, 1.165) is 25.1 Å². The highest BCUT2D eigenvalue weighted by Crippen LogP contribution is 2.10. The van der Waals surface area contributed by atoms with E-state index in [9.17, 15) is 4.79 Å². The van der Waals surface area contributed by atoms with Crippen molar-refractivity contribution in [3.05, 3.63) is 35.4 Å². The smallest absolute Gasteiger partial charge is 0.224 e. The van der Waals surface area contributed by atoms with Crippen molar-refractivity contribution in [2.24, 2.45) is 5.92 Å². The molecule has 3 nitrogen and oxygen atoms in total. The molecular formula is C15H22N2O. The molecule has 1 heterocycles. The van der Waals surface area contributed by atoms with Crippen molar-refractivity contribution in [3.8, 4) is 0 Å². The van der Waals surface area contributed by atoms with Crippen molar-refractivity contribution in [2.45, 2.75) is 32.7 Å². The van der Waals surface area contributed by atoms with Gasteiger partial charge in [-0.25, -0.2) is 0 Å². The van der Waals surface area contributed by atoms with Gasteiger partial charge in [0.05, 0.1) is 6.42 Å². The number of aryl methyl sites for hydroxylation is 1. The van der Waals surface area contributed by atoms with Crippen LogP contribution in [0.4, 0.5) is 0 Å². The number of hydrogen-bond donors (Lipinski definition) is 2. The minimum absolute atomic E-state index is 0.126. The first-order valence-corrected chi connectivity index (χ1v) is 6.69. The Morgan fingerprint density at radius 3 is 3.00 bits per heavy atom. The van der Waals surface area contributed by atoms with Crippen molar-refractivity contribution in [3.63, 3.8) is 0 Å². The number of benzene rings is 1. The number of rotatable bonds is 3.